The highest BCUT2D eigenvalue weighted by atomic mass is 16.2. The third-order valence-electron chi connectivity index (χ3n) is 3.00. The lowest BCUT2D eigenvalue weighted by Crippen LogP contribution is -2.32. The van der Waals surface area contributed by atoms with Crippen LogP contribution in [0.2, 0.25) is 0 Å². The molecule has 0 fully saturated rings. The Morgan fingerprint density at radius 3 is 2.70 bits per heavy atom. The highest BCUT2D eigenvalue weighted by Crippen LogP contribution is 2.06. The van der Waals surface area contributed by atoms with E-state index < -0.39 is 0 Å². The first kappa shape index (κ1) is 15.7. The van der Waals surface area contributed by atoms with Crippen molar-refractivity contribution in [3.8, 4) is 6.07 Å². The van der Waals surface area contributed by atoms with E-state index in [0.29, 0.717) is 25.1 Å². The Labute approximate surface area is 119 Å². The van der Waals surface area contributed by atoms with Gasteiger partial charge in [-0.15, -0.1) is 0 Å². The minimum absolute atomic E-state index is 0.0784. The largest absolute Gasteiger partial charge is 0.352 e. The molecule has 1 aromatic rings. The highest BCUT2D eigenvalue weighted by Gasteiger charge is 2.10. The molecule has 1 N–H and O–H groups in total. The Bertz CT molecular complexity index is 520. The van der Waals surface area contributed by atoms with Crippen molar-refractivity contribution in [2.24, 2.45) is 0 Å². The first-order chi connectivity index (χ1) is 9.56. The average Bonchev–Trinajstić information content (AvgIpc) is 2.44. The molecule has 2 amide bonds. The number of hydrogen-bond acceptors (Lipinski definition) is 3. The Kier molecular flexibility index (Phi) is 6.24. The summed E-state index contributed by atoms with van der Waals surface area (Å²) in [5.74, 6) is -0.249. The molecular weight excluding hydrogens is 254 g/mol. The number of nitrogens with zero attached hydrogens (tertiary/aromatic N) is 2. The van der Waals surface area contributed by atoms with Gasteiger partial charge in [0.2, 0.25) is 5.91 Å². The van der Waals surface area contributed by atoms with E-state index in [4.69, 9.17) is 5.26 Å². The maximum atomic E-state index is 11.9. The summed E-state index contributed by atoms with van der Waals surface area (Å²) in [7, 11) is 1.66. The fraction of sp³-hybridized carbons (Fsp3) is 0.400. The third kappa shape index (κ3) is 4.73. The van der Waals surface area contributed by atoms with E-state index >= 15 is 0 Å². The summed E-state index contributed by atoms with van der Waals surface area (Å²) < 4.78 is 0. The molecule has 106 valence electrons. The van der Waals surface area contributed by atoms with Crippen molar-refractivity contribution in [2.75, 3.05) is 20.1 Å². The van der Waals surface area contributed by atoms with Gasteiger partial charge in [-0.2, -0.15) is 5.26 Å². The molecule has 0 unspecified atom stereocenters. The van der Waals surface area contributed by atoms with Crippen LogP contribution in [0.3, 0.4) is 0 Å². The lowest BCUT2D eigenvalue weighted by Gasteiger charge is -2.15. The molecule has 0 atom stereocenters. The fourth-order valence-electron chi connectivity index (χ4n) is 1.74. The van der Waals surface area contributed by atoms with Gasteiger partial charge in [0, 0.05) is 32.1 Å². The van der Waals surface area contributed by atoms with Crippen LogP contribution in [-0.2, 0) is 4.79 Å². The molecule has 0 aromatic heterocycles. The van der Waals surface area contributed by atoms with Gasteiger partial charge in [-0.1, -0.05) is 18.2 Å². The standard InChI is InChI=1S/C15H19N3O2/c1-12-6-3-4-7-13(12)15(20)17-10-8-14(19)18(2)11-5-9-16/h3-4,6-7H,5,8,10-11H2,1-2H3,(H,17,20). The van der Waals surface area contributed by atoms with Crippen molar-refractivity contribution in [1.29, 1.82) is 5.26 Å². The molecule has 0 bridgehead atoms. The van der Waals surface area contributed by atoms with E-state index in [9.17, 15) is 9.59 Å². The van der Waals surface area contributed by atoms with Crippen molar-refractivity contribution in [2.45, 2.75) is 19.8 Å². The summed E-state index contributed by atoms with van der Waals surface area (Å²) in [5, 5.41) is 11.2. The first-order valence-corrected chi connectivity index (χ1v) is 6.51. The second kappa shape index (κ2) is 7.95. The zero-order chi connectivity index (χ0) is 15.0. The van der Waals surface area contributed by atoms with E-state index in [1.807, 2.05) is 31.2 Å². The SMILES string of the molecule is Cc1ccccc1C(=O)NCCC(=O)N(C)CCC#N. The Hall–Kier alpha value is -2.35. The number of carbonyl (C=O) groups is 2. The van der Waals surface area contributed by atoms with E-state index in [0.717, 1.165) is 5.56 Å². The van der Waals surface area contributed by atoms with Crippen LogP contribution < -0.4 is 5.32 Å². The van der Waals surface area contributed by atoms with Gasteiger partial charge in [0.1, 0.15) is 0 Å². The van der Waals surface area contributed by atoms with Gasteiger partial charge in [-0.3, -0.25) is 9.59 Å². The smallest absolute Gasteiger partial charge is 0.251 e. The fourth-order valence-corrected chi connectivity index (χ4v) is 1.74. The summed E-state index contributed by atoms with van der Waals surface area (Å²) >= 11 is 0. The average molecular weight is 273 g/mol. The second-order valence-corrected chi connectivity index (χ2v) is 4.54. The first-order valence-electron chi connectivity index (χ1n) is 6.51. The molecule has 0 aliphatic heterocycles. The van der Waals surface area contributed by atoms with Gasteiger partial charge in [0.15, 0.2) is 0 Å². The maximum Gasteiger partial charge on any atom is 0.251 e. The van der Waals surface area contributed by atoms with Crippen molar-refractivity contribution in [3.05, 3.63) is 35.4 Å². The number of benzene rings is 1. The molecule has 20 heavy (non-hydrogen) atoms. The Morgan fingerprint density at radius 2 is 2.05 bits per heavy atom. The van der Waals surface area contributed by atoms with Crippen LogP contribution in [0, 0.1) is 18.3 Å². The molecule has 5 heteroatoms. The molecule has 0 saturated carbocycles. The molecule has 5 nitrogen and oxygen atoms in total. The van der Waals surface area contributed by atoms with Gasteiger partial charge >= 0.3 is 0 Å². The summed E-state index contributed by atoms with van der Waals surface area (Å²) in [5.41, 5.74) is 1.53. The number of carbonyl (C=O) groups excluding carboxylic acids is 2. The lowest BCUT2D eigenvalue weighted by atomic mass is 10.1. The molecule has 0 saturated heterocycles. The minimum Gasteiger partial charge on any atom is -0.352 e. The number of rotatable bonds is 6. The zero-order valence-electron chi connectivity index (χ0n) is 11.8. The number of nitrogens with one attached hydrogen (secondary N) is 1. The van der Waals surface area contributed by atoms with E-state index in [2.05, 4.69) is 5.32 Å². The van der Waals surface area contributed by atoms with Crippen LogP contribution >= 0.6 is 0 Å². The Morgan fingerprint density at radius 1 is 1.35 bits per heavy atom. The van der Waals surface area contributed by atoms with Crippen LogP contribution in [0.15, 0.2) is 24.3 Å². The van der Waals surface area contributed by atoms with Crippen molar-refractivity contribution in [1.82, 2.24) is 10.2 Å². The van der Waals surface area contributed by atoms with Crippen LogP contribution in [0.25, 0.3) is 0 Å². The molecule has 0 aliphatic carbocycles. The van der Waals surface area contributed by atoms with Crippen LogP contribution in [0.5, 0.6) is 0 Å². The summed E-state index contributed by atoms with van der Waals surface area (Å²) in [6, 6.07) is 9.30. The number of hydrogen-bond donors (Lipinski definition) is 1. The van der Waals surface area contributed by atoms with Crippen LogP contribution in [-0.4, -0.2) is 36.9 Å². The van der Waals surface area contributed by atoms with E-state index in [1.54, 1.807) is 13.1 Å². The van der Waals surface area contributed by atoms with Gasteiger partial charge in [-0.25, -0.2) is 0 Å². The van der Waals surface area contributed by atoms with Gasteiger partial charge < -0.3 is 10.2 Å². The normalized spacial score (nSPS) is 9.65. The summed E-state index contributed by atoms with van der Waals surface area (Å²) in [6.45, 7) is 2.58. The highest BCUT2D eigenvalue weighted by molar-refractivity contribution is 5.95. The van der Waals surface area contributed by atoms with Crippen molar-refractivity contribution < 1.29 is 9.59 Å². The van der Waals surface area contributed by atoms with E-state index in [1.165, 1.54) is 4.90 Å². The summed E-state index contributed by atoms with van der Waals surface area (Å²) in [4.78, 5) is 25.1. The minimum atomic E-state index is -0.171. The topological polar surface area (TPSA) is 73.2 Å². The quantitative estimate of drug-likeness (QED) is 0.853. The number of amides is 2. The van der Waals surface area contributed by atoms with Crippen LogP contribution in [0.4, 0.5) is 0 Å². The lowest BCUT2D eigenvalue weighted by molar-refractivity contribution is -0.129. The monoisotopic (exact) mass is 273 g/mol. The molecule has 1 rings (SSSR count). The van der Waals surface area contributed by atoms with Gasteiger partial charge in [-0.05, 0) is 18.6 Å². The number of aryl methyl sites for hydroxylation is 1. The molecule has 0 aliphatic rings. The van der Waals surface area contributed by atoms with Crippen molar-refractivity contribution in [3.63, 3.8) is 0 Å². The van der Waals surface area contributed by atoms with E-state index in [-0.39, 0.29) is 18.2 Å². The molecule has 0 heterocycles. The zero-order valence-corrected chi connectivity index (χ0v) is 11.8. The summed E-state index contributed by atoms with van der Waals surface area (Å²) in [6.07, 6.45) is 0.553. The maximum absolute atomic E-state index is 11.9. The van der Waals surface area contributed by atoms with Gasteiger partial charge in [0.05, 0.1) is 12.5 Å². The molecule has 1 aromatic carbocycles. The van der Waals surface area contributed by atoms with Gasteiger partial charge in [0.25, 0.3) is 5.91 Å². The number of nitriles is 1. The molecule has 0 spiro atoms. The molecular formula is C15H19N3O2. The van der Waals surface area contributed by atoms with Crippen molar-refractivity contribution >= 4 is 11.8 Å². The molecule has 0 radical (unpaired) electrons. The third-order valence-corrected chi connectivity index (χ3v) is 3.00. The van der Waals surface area contributed by atoms with Crippen LogP contribution in [0.1, 0.15) is 28.8 Å². The second-order valence-electron chi connectivity index (χ2n) is 4.54. The predicted molar refractivity (Wildman–Crippen MR) is 76.0 cm³/mol. The Balaban J connectivity index is 2.38. The predicted octanol–water partition coefficient (Wildman–Crippen LogP) is 1.49.